The van der Waals surface area contributed by atoms with Crippen molar-refractivity contribution in [2.24, 2.45) is 5.92 Å². The highest BCUT2D eigenvalue weighted by Crippen LogP contribution is 2.30. The summed E-state index contributed by atoms with van der Waals surface area (Å²) in [5.74, 6) is 0.174. The van der Waals surface area contributed by atoms with Gasteiger partial charge in [-0.25, -0.2) is 0 Å². The van der Waals surface area contributed by atoms with Gasteiger partial charge in [0, 0.05) is 18.7 Å². The van der Waals surface area contributed by atoms with E-state index in [1.54, 1.807) is 0 Å². The molecule has 1 saturated heterocycles. The minimum absolute atomic E-state index is 0.143. The fourth-order valence-corrected chi connectivity index (χ4v) is 2.66. The molecule has 116 valence electrons. The lowest BCUT2D eigenvalue weighted by atomic mass is 9.95. The van der Waals surface area contributed by atoms with E-state index in [-0.39, 0.29) is 5.91 Å². The standard InChI is InChI=1S/C15H19F3N2O/c1-20-8-2-3-11(10-20)9-14(21)19-13-6-4-12(5-7-13)15(16,17)18/h4-7,11H,2-3,8-10H2,1H3,(H,19,21). The average molecular weight is 300 g/mol. The van der Waals surface area contributed by atoms with Gasteiger partial charge in [0.15, 0.2) is 0 Å². The first kappa shape index (κ1) is 15.8. The molecule has 1 atom stereocenters. The number of likely N-dealkylation sites (tertiary alicyclic amines) is 1. The second kappa shape index (κ2) is 6.47. The molecule has 1 aromatic rings. The first-order chi connectivity index (χ1) is 9.84. The van der Waals surface area contributed by atoms with Crippen molar-refractivity contribution in [2.45, 2.75) is 25.4 Å². The zero-order valence-electron chi connectivity index (χ0n) is 11.9. The van der Waals surface area contributed by atoms with Crippen LogP contribution in [0.4, 0.5) is 18.9 Å². The quantitative estimate of drug-likeness (QED) is 0.928. The lowest BCUT2D eigenvalue weighted by molar-refractivity contribution is -0.137. The fourth-order valence-electron chi connectivity index (χ4n) is 2.66. The summed E-state index contributed by atoms with van der Waals surface area (Å²) in [6.45, 7) is 1.94. The van der Waals surface area contributed by atoms with Crippen LogP contribution in [0.3, 0.4) is 0 Å². The Morgan fingerprint density at radius 1 is 1.33 bits per heavy atom. The molecule has 1 unspecified atom stereocenters. The van der Waals surface area contributed by atoms with Crippen molar-refractivity contribution in [1.82, 2.24) is 4.90 Å². The van der Waals surface area contributed by atoms with Gasteiger partial charge in [-0.3, -0.25) is 4.79 Å². The highest BCUT2D eigenvalue weighted by molar-refractivity contribution is 5.90. The molecule has 2 rings (SSSR count). The molecule has 0 radical (unpaired) electrons. The number of anilines is 1. The lowest BCUT2D eigenvalue weighted by Crippen LogP contribution is -2.34. The number of hydrogen-bond acceptors (Lipinski definition) is 2. The molecule has 0 aromatic heterocycles. The monoisotopic (exact) mass is 300 g/mol. The number of benzene rings is 1. The third kappa shape index (κ3) is 4.74. The number of nitrogens with one attached hydrogen (secondary N) is 1. The Hall–Kier alpha value is -1.56. The van der Waals surface area contributed by atoms with Gasteiger partial charge in [-0.15, -0.1) is 0 Å². The van der Waals surface area contributed by atoms with Gasteiger partial charge in [-0.05, 0) is 56.6 Å². The molecule has 0 aliphatic carbocycles. The molecule has 3 nitrogen and oxygen atoms in total. The van der Waals surface area contributed by atoms with Gasteiger partial charge in [0.1, 0.15) is 0 Å². The Balaban J connectivity index is 1.87. The van der Waals surface area contributed by atoms with E-state index >= 15 is 0 Å². The maximum Gasteiger partial charge on any atom is 0.416 e. The van der Waals surface area contributed by atoms with Gasteiger partial charge in [0.2, 0.25) is 5.91 Å². The van der Waals surface area contributed by atoms with Gasteiger partial charge in [0.05, 0.1) is 5.56 Å². The Morgan fingerprint density at radius 2 is 2.00 bits per heavy atom. The van der Waals surface area contributed by atoms with Crippen molar-refractivity contribution in [2.75, 3.05) is 25.5 Å². The van der Waals surface area contributed by atoms with Gasteiger partial charge < -0.3 is 10.2 Å². The smallest absolute Gasteiger partial charge is 0.326 e. The topological polar surface area (TPSA) is 32.3 Å². The molecule has 1 fully saturated rings. The Bertz CT molecular complexity index is 485. The largest absolute Gasteiger partial charge is 0.416 e. The molecule has 1 aliphatic rings. The summed E-state index contributed by atoms with van der Waals surface area (Å²) < 4.78 is 37.3. The molecular formula is C15H19F3N2O. The SMILES string of the molecule is CN1CCCC(CC(=O)Nc2ccc(C(F)(F)F)cc2)C1. The van der Waals surface area contributed by atoms with Gasteiger partial charge >= 0.3 is 6.18 Å². The van der Waals surface area contributed by atoms with E-state index in [4.69, 9.17) is 0 Å². The summed E-state index contributed by atoms with van der Waals surface area (Å²) in [6.07, 6.45) is -1.85. The Morgan fingerprint density at radius 3 is 2.57 bits per heavy atom. The molecule has 1 N–H and O–H groups in total. The maximum absolute atomic E-state index is 12.4. The predicted octanol–water partition coefficient (Wildman–Crippen LogP) is 3.38. The maximum atomic E-state index is 12.4. The van der Waals surface area contributed by atoms with Crippen LogP contribution in [0.2, 0.25) is 0 Å². The summed E-state index contributed by atoms with van der Waals surface area (Å²) in [5, 5.41) is 2.66. The van der Waals surface area contributed by atoms with Crippen molar-refractivity contribution in [3.63, 3.8) is 0 Å². The van der Waals surface area contributed by atoms with Crippen molar-refractivity contribution < 1.29 is 18.0 Å². The van der Waals surface area contributed by atoms with Crippen LogP contribution < -0.4 is 5.32 Å². The number of alkyl halides is 3. The third-order valence-corrected chi connectivity index (χ3v) is 3.69. The second-order valence-electron chi connectivity index (χ2n) is 5.60. The minimum Gasteiger partial charge on any atom is -0.326 e. The second-order valence-corrected chi connectivity index (χ2v) is 5.60. The summed E-state index contributed by atoms with van der Waals surface area (Å²) in [5.41, 5.74) is -0.313. The van der Waals surface area contributed by atoms with Crippen LogP contribution in [0.1, 0.15) is 24.8 Å². The van der Waals surface area contributed by atoms with Crippen LogP contribution >= 0.6 is 0 Å². The number of carbonyl (C=O) groups excluding carboxylic acids is 1. The number of piperidine rings is 1. The normalized spacial score (nSPS) is 20.3. The zero-order valence-corrected chi connectivity index (χ0v) is 11.9. The summed E-state index contributed by atoms with van der Waals surface area (Å²) >= 11 is 0. The predicted molar refractivity (Wildman–Crippen MR) is 74.9 cm³/mol. The minimum atomic E-state index is -4.35. The van der Waals surface area contributed by atoms with Crippen molar-refractivity contribution >= 4 is 11.6 Å². The van der Waals surface area contributed by atoms with E-state index in [9.17, 15) is 18.0 Å². The fraction of sp³-hybridized carbons (Fsp3) is 0.533. The molecular weight excluding hydrogens is 281 g/mol. The molecule has 0 bridgehead atoms. The van der Waals surface area contributed by atoms with Crippen LogP contribution in [0.5, 0.6) is 0 Å². The number of hydrogen-bond donors (Lipinski definition) is 1. The molecule has 1 aromatic carbocycles. The van der Waals surface area contributed by atoms with Gasteiger partial charge in [-0.2, -0.15) is 13.2 Å². The van der Waals surface area contributed by atoms with Crippen molar-refractivity contribution in [1.29, 1.82) is 0 Å². The molecule has 0 saturated carbocycles. The molecule has 21 heavy (non-hydrogen) atoms. The molecule has 1 amide bonds. The van der Waals surface area contributed by atoms with E-state index in [0.717, 1.165) is 38.1 Å². The van der Waals surface area contributed by atoms with E-state index in [1.807, 2.05) is 7.05 Å². The number of amides is 1. The summed E-state index contributed by atoms with van der Waals surface area (Å²) in [4.78, 5) is 14.1. The van der Waals surface area contributed by atoms with Crippen LogP contribution in [0, 0.1) is 5.92 Å². The van der Waals surface area contributed by atoms with Crippen molar-refractivity contribution in [3.8, 4) is 0 Å². The zero-order chi connectivity index (χ0) is 15.5. The van der Waals surface area contributed by atoms with Crippen LogP contribution in [-0.4, -0.2) is 30.9 Å². The summed E-state index contributed by atoms with van der Waals surface area (Å²) in [6, 6.07) is 4.52. The number of nitrogens with zero attached hydrogens (tertiary/aromatic N) is 1. The van der Waals surface area contributed by atoms with E-state index in [1.165, 1.54) is 12.1 Å². The van der Waals surface area contributed by atoms with Crippen LogP contribution in [0.15, 0.2) is 24.3 Å². The van der Waals surface area contributed by atoms with E-state index in [0.29, 0.717) is 18.0 Å². The van der Waals surface area contributed by atoms with Crippen molar-refractivity contribution in [3.05, 3.63) is 29.8 Å². The molecule has 6 heteroatoms. The van der Waals surface area contributed by atoms with Gasteiger partial charge in [0.25, 0.3) is 0 Å². The van der Waals surface area contributed by atoms with E-state index < -0.39 is 11.7 Å². The highest BCUT2D eigenvalue weighted by Gasteiger charge is 2.30. The van der Waals surface area contributed by atoms with Crippen LogP contribution in [-0.2, 0) is 11.0 Å². The molecule has 0 spiro atoms. The number of rotatable bonds is 3. The average Bonchev–Trinajstić information content (AvgIpc) is 2.38. The van der Waals surface area contributed by atoms with Crippen LogP contribution in [0.25, 0.3) is 0 Å². The Labute approximate surface area is 122 Å². The Kier molecular flexibility index (Phi) is 4.88. The molecule has 1 heterocycles. The van der Waals surface area contributed by atoms with Gasteiger partial charge in [-0.1, -0.05) is 0 Å². The highest BCUT2D eigenvalue weighted by atomic mass is 19.4. The summed E-state index contributed by atoms with van der Waals surface area (Å²) in [7, 11) is 2.03. The third-order valence-electron chi connectivity index (χ3n) is 3.69. The first-order valence-electron chi connectivity index (χ1n) is 7.00. The molecule has 1 aliphatic heterocycles. The number of carbonyl (C=O) groups is 1. The number of halogens is 3. The first-order valence-corrected chi connectivity index (χ1v) is 7.00. The van der Waals surface area contributed by atoms with E-state index in [2.05, 4.69) is 10.2 Å². The lowest BCUT2D eigenvalue weighted by Gasteiger charge is -2.29.